The predicted octanol–water partition coefficient (Wildman–Crippen LogP) is 1.89. The lowest BCUT2D eigenvalue weighted by molar-refractivity contribution is 0.313. The van der Waals surface area contributed by atoms with Crippen molar-refractivity contribution in [1.29, 1.82) is 0 Å². The molecule has 4 heteroatoms. The van der Waals surface area contributed by atoms with Gasteiger partial charge in [-0.2, -0.15) is 0 Å². The standard InChI is InChI=1S/C13H17N3O/c1-11-2-4-12(5-3-11)17-9-8-14-10-13-15-6-7-16-13/h2-7,14H,8-10H2,1H3,(H,15,16). The number of benzene rings is 1. The molecule has 2 aromatic rings. The van der Waals surface area contributed by atoms with Gasteiger partial charge < -0.3 is 15.0 Å². The molecule has 2 N–H and O–H groups in total. The molecule has 0 bridgehead atoms. The molecular weight excluding hydrogens is 214 g/mol. The largest absolute Gasteiger partial charge is 0.492 e. The highest BCUT2D eigenvalue weighted by atomic mass is 16.5. The molecule has 0 saturated carbocycles. The molecule has 4 nitrogen and oxygen atoms in total. The fourth-order valence-corrected chi connectivity index (χ4v) is 1.48. The number of aryl methyl sites for hydroxylation is 1. The second-order valence-electron chi connectivity index (χ2n) is 3.87. The van der Waals surface area contributed by atoms with Crippen LogP contribution in [0.4, 0.5) is 0 Å². The number of imidazole rings is 1. The highest BCUT2D eigenvalue weighted by Crippen LogP contribution is 2.10. The average molecular weight is 231 g/mol. The predicted molar refractivity (Wildman–Crippen MR) is 67.0 cm³/mol. The van der Waals surface area contributed by atoms with Gasteiger partial charge in [-0.25, -0.2) is 4.98 Å². The molecule has 0 aliphatic rings. The first-order chi connectivity index (χ1) is 8.34. The van der Waals surface area contributed by atoms with Gasteiger partial charge in [0.2, 0.25) is 0 Å². The topological polar surface area (TPSA) is 49.9 Å². The molecular formula is C13H17N3O. The van der Waals surface area contributed by atoms with Crippen LogP contribution in [0.1, 0.15) is 11.4 Å². The van der Waals surface area contributed by atoms with Crippen molar-refractivity contribution in [2.45, 2.75) is 13.5 Å². The van der Waals surface area contributed by atoms with Gasteiger partial charge in [0, 0.05) is 18.9 Å². The maximum Gasteiger partial charge on any atom is 0.120 e. The summed E-state index contributed by atoms with van der Waals surface area (Å²) < 4.78 is 5.59. The van der Waals surface area contributed by atoms with E-state index in [1.165, 1.54) is 5.56 Å². The van der Waals surface area contributed by atoms with Crippen LogP contribution in [0.2, 0.25) is 0 Å². The minimum atomic E-state index is 0.657. The van der Waals surface area contributed by atoms with Crippen LogP contribution >= 0.6 is 0 Å². The molecule has 0 amide bonds. The molecule has 90 valence electrons. The van der Waals surface area contributed by atoms with E-state index in [2.05, 4.69) is 22.2 Å². The first-order valence-corrected chi connectivity index (χ1v) is 5.73. The van der Waals surface area contributed by atoms with Gasteiger partial charge in [-0.05, 0) is 19.1 Å². The molecule has 0 saturated heterocycles. The van der Waals surface area contributed by atoms with E-state index in [-0.39, 0.29) is 0 Å². The average Bonchev–Trinajstić information content (AvgIpc) is 2.84. The van der Waals surface area contributed by atoms with Crippen LogP contribution in [0.25, 0.3) is 0 Å². The van der Waals surface area contributed by atoms with Crippen molar-refractivity contribution < 1.29 is 4.74 Å². The van der Waals surface area contributed by atoms with Gasteiger partial charge in [0.1, 0.15) is 18.2 Å². The zero-order valence-corrected chi connectivity index (χ0v) is 9.94. The van der Waals surface area contributed by atoms with E-state index in [9.17, 15) is 0 Å². The Balaban J connectivity index is 1.61. The molecule has 2 rings (SSSR count). The minimum Gasteiger partial charge on any atom is -0.492 e. The van der Waals surface area contributed by atoms with Crippen molar-refractivity contribution in [1.82, 2.24) is 15.3 Å². The van der Waals surface area contributed by atoms with Crippen LogP contribution in [0.15, 0.2) is 36.7 Å². The van der Waals surface area contributed by atoms with Gasteiger partial charge in [0.25, 0.3) is 0 Å². The third-order valence-corrected chi connectivity index (χ3v) is 2.42. The highest BCUT2D eigenvalue weighted by molar-refractivity contribution is 5.26. The van der Waals surface area contributed by atoms with Crippen LogP contribution in [-0.2, 0) is 6.54 Å². The molecule has 0 spiro atoms. The maximum atomic E-state index is 5.59. The summed E-state index contributed by atoms with van der Waals surface area (Å²) in [6.07, 6.45) is 3.57. The number of aromatic amines is 1. The zero-order valence-electron chi connectivity index (χ0n) is 9.94. The summed E-state index contributed by atoms with van der Waals surface area (Å²) in [6.45, 7) is 4.26. The maximum absolute atomic E-state index is 5.59. The van der Waals surface area contributed by atoms with Crippen LogP contribution in [0, 0.1) is 6.92 Å². The summed E-state index contributed by atoms with van der Waals surface area (Å²) in [5, 5.41) is 3.25. The van der Waals surface area contributed by atoms with Gasteiger partial charge in [0.15, 0.2) is 0 Å². The molecule has 17 heavy (non-hydrogen) atoms. The minimum absolute atomic E-state index is 0.657. The number of rotatable bonds is 6. The summed E-state index contributed by atoms with van der Waals surface area (Å²) in [4.78, 5) is 7.16. The number of ether oxygens (including phenoxy) is 1. The Bertz CT molecular complexity index is 422. The number of hydrogen-bond acceptors (Lipinski definition) is 3. The van der Waals surface area contributed by atoms with Gasteiger partial charge in [0.05, 0.1) is 6.54 Å². The normalized spacial score (nSPS) is 10.4. The number of nitrogens with one attached hydrogen (secondary N) is 2. The van der Waals surface area contributed by atoms with Crippen LogP contribution < -0.4 is 10.1 Å². The van der Waals surface area contributed by atoms with E-state index in [4.69, 9.17) is 4.74 Å². The van der Waals surface area contributed by atoms with Gasteiger partial charge in [-0.15, -0.1) is 0 Å². The Hall–Kier alpha value is -1.81. The third-order valence-electron chi connectivity index (χ3n) is 2.42. The quantitative estimate of drug-likeness (QED) is 0.746. The Kier molecular flexibility index (Phi) is 4.16. The third kappa shape index (κ3) is 3.92. The van der Waals surface area contributed by atoms with Crippen molar-refractivity contribution in [3.05, 3.63) is 48.0 Å². The highest BCUT2D eigenvalue weighted by Gasteiger charge is 1.95. The Morgan fingerprint density at radius 2 is 2.12 bits per heavy atom. The Morgan fingerprint density at radius 3 is 2.82 bits per heavy atom. The van der Waals surface area contributed by atoms with Gasteiger partial charge in [-0.1, -0.05) is 17.7 Å². The summed E-state index contributed by atoms with van der Waals surface area (Å²) in [5.74, 6) is 1.86. The van der Waals surface area contributed by atoms with E-state index in [1.54, 1.807) is 6.20 Å². The number of H-pyrrole nitrogens is 1. The molecule has 0 radical (unpaired) electrons. The number of aromatic nitrogens is 2. The fourth-order valence-electron chi connectivity index (χ4n) is 1.48. The molecule has 0 aliphatic carbocycles. The fraction of sp³-hybridized carbons (Fsp3) is 0.308. The molecule has 0 atom stereocenters. The lowest BCUT2D eigenvalue weighted by Crippen LogP contribution is -2.21. The summed E-state index contributed by atoms with van der Waals surface area (Å²) >= 11 is 0. The molecule has 0 fully saturated rings. The smallest absolute Gasteiger partial charge is 0.120 e. The zero-order chi connectivity index (χ0) is 11.9. The molecule has 0 aliphatic heterocycles. The van der Waals surface area contributed by atoms with E-state index in [0.29, 0.717) is 6.61 Å². The van der Waals surface area contributed by atoms with Crippen molar-refractivity contribution in [3.63, 3.8) is 0 Å². The van der Waals surface area contributed by atoms with Crippen molar-refractivity contribution >= 4 is 0 Å². The second kappa shape index (κ2) is 6.06. The van der Waals surface area contributed by atoms with E-state index >= 15 is 0 Å². The van der Waals surface area contributed by atoms with Crippen LogP contribution in [0.3, 0.4) is 0 Å². The van der Waals surface area contributed by atoms with Crippen molar-refractivity contribution in [2.75, 3.05) is 13.2 Å². The van der Waals surface area contributed by atoms with Gasteiger partial charge >= 0.3 is 0 Å². The van der Waals surface area contributed by atoms with Crippen molar-refractivity contribution in [3.8, 4) is 5.75 Å². The first kappa shape index (κ1) is 11.7. The van der Waals surface area contributed by atoms with Crippen LogP contribution in [-0.4, -0.2) is 23.1 Å². The summed E-state index contributed by atoms with van der Waals surface area (Å²) in [5.41, 5.74) is 1.24. The summed E-state index contributed by atoms with van der Waals surface area (Å²) in [7, 11) is 0. The lowest BCUT2D eigenvalue weighted by Gasteiger charge is -2.06. The molecule has 0 unspecified atom stereocenters. The number of nitrogens with zero attached hydrogens (tertiary/aromatic N) is 1. The van der Waals surface area contributed by atoms with E-state index in [0.717, 1.165) is 24.7 Å². The van der Waals surface area contributed by atoms with Crippen molar-refractivity contribution in [2.24, 2.45) is 0 Å². The Morgan fingerprint density at radius 1 is 1.29 bits per heavy atom. The number of hydrogen-bond donors (Lipinski definition) is 2. The van der Waals surface area contributed by atoms with E-state index in [1.807, 2.05) is 30.5 Å². The second-order valence-corrected chi connectivity index (χ2v) is 3.87. The Labute approximate surface area is 101 Å². The summed E-state index contributed by atoms with van der Waals surface area (Å²) in [6, 6.07) is 8.07. The molecule has 1 heterocycles. The van der Waals surface area contributed by atoms with Crippen LogP contribution in [0.5, 0.6) is 5.75 Å². The monoisotopic (exact) mass is 231 g/mol. The molecule has 1 aromatic heterocycles. The lowest BCUT2D eigenvalue weighted by atomic mass is 10.2. The van der Waals surface area contributed by atoms with E-state index < -0.39 is 0 Å². The molecule has 1 aromatic carbocycles. The van der Waals surface area contributed by atoms with Gasteiger partial charge in [-0.3, -0.25) is 0 Å². The first-order valence-electron chi connectivity index (χ1n) is 5.73. The SMILES string of the molecule is Cc1ccc(OCCNCc2ncc[nH]2)cc1.